The van der Waals surface area contributed by atoms with Crippen molar-refractivity contribution in [2.75, 3.05) is 11.2 Å². The van der Waals surface area contributed by atoms with Crippen LogP contribution in [0.25, 0.3) is 0 Å². The fourth-order valence-corrected chi connectivity index (χ4v) is 1.65. The molecule has 1 aromatic carbocycles. The zero-order valence-electron chi connectivity index (χ0n) is 10.9. The van der Waals surface area contributed by atoms with Gasteiger partial charge in [-0.05, 0) is 36.8 Å². The molecule has 0 radical (unpaired) electrons. The van der Waals surface area contributed by atoms with Crippen molar-refractivity contribution in [3.63, 3.8) is 0 Å². The molecule has 2 rings (SSSR count). The van der Waals surface area contributed by atoms with E-state index in [0.717, 1.165) is 5.56 Å². The van der Waals surface area contributed by atoms with Gasteiger partial charge in [0.25, 0.3) is 5.91 Å². The van der Waals surface area contributed by atoms with E-state index >= 15 is 0 Å². The fraction of sp³-hybridized carbons (Fsp3) is 0.143. The SMILES string of the molecule is Cc1ccc(NC(=O)c2ccco2)cc1N=C(N)CCl. The summed E-state index contributed by atoms with van der Waals surface area (Å²) < 4.78 is 5.03. The molecule has 0 saturated heterocycles. The molecule has 1 aromatic heterocycles. The maximum absolute atomic E-state index is 11.9. The summed E-state index contributed by atoms with van der Waals surface area (Å²) in [5.41, 5.74) is 7.83. The molecule has 0 saturated carbocycles. The highest BCUT2D eigenvalue weighted by Crippen LogP contribution is 2.23. The Morgan fingerprint density at radius 3 is 2.90 bits per heavy atom. The Morgan fingerprint density at radius 2 is 2.25 bits per heavy atom. The first kappa shape index (κ1) is 14.1. The molecule has 0 aliphatic heterocycles. The number of alkyl halides is 1. The molecular weight excluding hydrogens is 278 g/mol. The van der Waals surface area contributed by atoms with Gasteiger partial charge < -0.3 is 15.5 Å². The average Bonchev–Trinajstić information content (AvgIpc) is 2.96. The predicted octanol–water partition coefficient (Wildman–Crippen LogP) is 3.07. The first-order valence-corrected chi connectivity index (χ1v) is 6.48. The number of hydrogen-bond acceptors (Lipinski definition) is 3. The lowest BCUT2D eigenvalue weighted by atomic mass is 10.2. The largest absolute Gasteiger partial charge is 0.459 e. The summed E-state index contributed by atoms with van der Waals surface area (Å²) in [4.78, 5) is 16.1. The van der Waals surface area contributed by atoms with Crippen LogP contribution in [0.1, 0.15) is 16.1 Å². The van der Waals surface area contributed by atoms with E-state index in [2.05, 4.69) is 10.3 Å². The van der Waals surface area contributed by atoms with Gasteiger partial charge >= 0.3 is 0 Å². The molecule has 1 heterocycles. The van der Waals surface area contributed by atoms with Gasteiger partial charge in [-0.3, -0.25) is 4.79 Å². The normalized spacial score (nSPS) is 11.4. The Bertz CT molecular complexity index is 636. The number of furan rings is 1. The number of nitrogens with one attached hydrogen (secondary N) is 1. The standard InChI is InChI=1S/C14H14ClN3O2/c1-9-4-5-10(7-11(9)18-13(16)8-15)17-14(19)12-3-2-6-20-12/h2-7H,8H2,1H3,(H2,16,18)(H,17,19). The van der Waals surface area contributed by atoms with Gasteiger partial charge in [0.1, 0.15) is 5.84 Å². The molecule has 0 unspecified atom stereocenters. The zero-order chi connectivity index (χ0) is 14.5. The lowest BCUT2D eigenvalue weighted by Gasteiger charge is -2.07. The number of carbonyl (C=O) groups excluding carboxylic acids is 1. The first-order chi connectivity index (χ1) is 9.60. The van der Waals surface area contributed by atoms with Gasteiger partial charge in [-0.1, -0.05) is 6.07 Å². The highest BCUT2D eigenvalue weighted by Gasteiger charge is 2.09. The fourth-order valence-electron chi connectivity index (χ4n) is 1.59. The number of nitrogens with zero attached hydrogens (tertiary/aromatic N) is 1. The van der Waals surface area contributed by atoms with Crippen LogP contribution < -0.4 is 11.1 Å². The monoisotopic (exact) mass is 291 g/mol. The summed E-state index contributed by atoms with van der Waals surface area (Å²) in [5.74, 6) is 0.405. The van der Waals surface area contributed by atoms with Crippen LogP contribution in [0.4, 0.5) is 11.4 Å². The van der Waals surface area contributed by atoms with E-state index in [1.807, 2.05) is 13.0 Å². The average molecular weight is 292 g/mol. The number of nitrogens with two attached hydrogens (primary N) is 1. The van der Waals surface area contributed by atoms with Crippen LogP contribution in [0, 0.1) is 6.92 Å². The molecule has 104 valence electrons. The van der Waals surface area contributed by atoms with Gasteiger partial charge in [0.2, 0.25) is 0 Å². The molecule has 2 aromatic rings. The minimum absolute atomic E-state index is 0.155. The molecule has 5 nitrogen and oxygen atoms in total. The lowest BCUT2D eigenvalue weighted by molar-refractivity contribution is 0.0996. The second kappa shape index (κ2) is 6.25. The minimum Gasteiger partial charge on any atom is -0.459 e. The zero-order valence-corrected chi connectivity index (χ0v) is 11.6. The summed E-state index contributed by atoms with van der Waals surface area (Å²) in [7, 11) is 0. The number of halogens is 1. The van der Waals surface area contributed by atoms with Gasteiger partial charge in [-0.2, -0.15) is 0 Å². The second-order valence-electron chi connectivity index (χ2n) is 4.17. The molecule has 0 spiro atoms. The third-order valence-corrected chi connectivity index (χ3v) is 2.89. The molecule has 1 amide bonds. The third-order valence-electron chi connectivity index (χ3n) is 2.61. The van der Waals surface area contributed by atoms with Crippen LogP contribution in [0.5, 0.6) is 0 Å². The maximum Gasteiger partial charge on any atom is 0.291 e. The molecule has 20 heavy (non-hydrogen) atoms. The van der Waals surface area contributed by atoms with Crippen LogP contribution in [0.3, 0.4) is 0 Å². The van der Waals surface area contributed by atoms with Crippen molar-refractivity contribution in [3.05, 3.63) is 47.9 Å². The second-order valence-corrected chi connectivity index (χ2v) is 4.44. The van der Waals surface area contributed by atoms with Crippen molar-refractivity contribution in [2.45, 2.75) is 6.92 Å². The summed E-state index contributed by atoms with van der Waals surface area (Å²) in [6.45, 7) is 1.90. The Balaban J connectivity index is 2.21. The highest BCUT2D eigenvalue weighted by atomic mass is 35.5. The van der Waals surface area contributed by atoms with E-state index in [4.69, 9.17) is 21.8 Å². The van der Waals surface area contributed by atoms with Crippen LogP contribution in [0.2, 0.25) is 0 Å². The van der Waals surface area contributed by atoms with Gasteiger partial charge in [0, 0.05) is 5.69 Å². The quantitative estimate of drug-likeness (QED) is 0.516. The van der Waals surface area contributed by atoms with E-state index in [9.17, 15) is 4.79 Å². The topological polar surface area (TPSA) is 80.6 Å². The summed E-state index contributed by atoms with van der Waals surface area (Å²) in [6.07, 6.45) is 1.45. The highest BCUT2D eigenvalue weighted by molar-refractivity contribution is 6.28. The Kier molecular flexibility index (Phi) is 4.42. The van der Waals surface area contributed by atoms with Gasteiger partial charge in [-0.15, -0.1) is 11.6 Å². The number of aliphatic imine (C=N–C) groups is 1. The van der Waals surface area contributed by atoms with Crippen molar-refractivity contribution in [2.24, 2.45) is 10.7 Å². The van der Waals surface area contributed by atoms with Crippen LogP contribution in [-0.2, 0) is 0 Å². The van der Waals surface area contributed by atoms with Crippen molar-refractivity contribution < 1.29 is 9.21 Å². The number of carbonyl (C=O) groups is 1. The molecule has 0 fully saturated rings. The number of amides is 1. The van der Waals surface area contributed by atoms with Gasteiger partial charge in [-0.25, -0.2) is 4.99 Å². The van der Waals surface area contributed by atoms with Crippen molar-refractivity contribution in [1.29, 1.82) is 0 Å². The van der Waals surface area contributed by atoms with Crippen molar-refractivity contribution in [3.8, 4) is 0 Å². The molecule has 0 aliphatic rings. The Hall–Kier alpha value is -2.27. The third kappa shape index (κ3) is 3.39. The van der Waals surface area contributed by atoms with E-state index in [0.29, 0.717) is 17.2 Å². The summed E-state index contributed by atoms with van der Waals surface area (Å²) in [6, 6.07) is 8.61. The van der Waals surface area contributed by atoms with Crippen molar-refractivity contribution in [1.82, 2.24) is 0 Å². The van der Waals surface area contributed by atoms with Crippen LogP contribution in [0.15, 0.2) is 46.0 Å². The number of rotatable bonds is 4. The van der Waals surface area contributed by atoms with Crippen LogP contribution >= 0.6 is 11.6 Å². The number of benzene rings is 1. The Labute approximate surface area is 121 Å². The Morgan fingerprint density at radius 1 is 1.45 bits per heavy atom. The number of anilines is 1. The summed E-state index contributed by atoms with van der Waals surface area (Å²) in [5, 5.41) is 2.73. The molecule has 0 aliphatic carbocycles. The maximum atomic E-state index is 11.9. The van der Waals surface area contributed by atoms with E-state index in [-0.39, 0.29) is 17.5 Å². The van der Waals surface area contributed by atoms with Crippen molar-refractivity contribution >= 4 is 34.7 Å². The molecular formula is C14H14ClN3O2. The predicted molar refractivity (Wildman–Crippen MR) is 79.8 cm³/mol. The molecule has 0 atom stereocenters. The molecule has 3 N–H and O–H groups in total. The summed E-state index contributed by atoms with van der Waals surface area (Å²) >= 11 is 5.61. The van der Waals surface area contributed by atoms with Gasteiger partial charge in [0.15, 0.2) is 5.76 Å². The van der Waals surface area contributed by atoms with E-state index < -0.39 is 0 Å². The number of aryl methyl sites for hydroxylation is 1. The van der Waals surface area contributed by atoms with E-state index in [1.165, 1.54) is 6.26 Å². The molecule has 0 bridgehead atoms. The molecule has 6 heteroatoms. The lowest BCUT2D eigenvalue weighted by Crippen LogP contribution is -2.13. The minimum atomic E-state index is -0.320. The van der Waals surface area contributed by atoms with E-state index in [1.54, 1.807) is 24.3 Å². The smallest absolute Gasteiger partial charge is 0.291 e. The van der Waals surface area contributed by atoms with Crippen LogP contribution in [-0.4, -0.2) is 17.6 Å². The first-order valence-electron chi connectivity index (χ1n) is 5.94. The number of amidine groups is 1. The number of hydrogen-bond donors (Lipinski definition) is 2. The van der Waals surface area contributed by atoms with Gasteiger partial charge in [0.05, 0.1) is 17.8 Å².